The van der Waals surface area contributed by atoms with Gasteiger partial charge in [0, 0.05) is 17.8 Å². The molecule has 3 nitrogen and oxygen atoms in total. The first-order chi connectivity index (χ1) is 9.29. The summed E-state index contributed by atoms with van der Waals surface area (Å²) in [6.45, 7) is 13.7. The van der Waals surface area contributed by atoms with Gasteiger partial charge >= 0.3 is 0 Å². The fourth-order valence-electron chi connectivity index (χ4n) is 2.18. The quantitative estimate of drug-likeness (QED) is 0.922. The van der Waals surface area contributed by atoms with Crippen molar-refractivity contribution in [3.8, 4) is 5.69 Å². The molecule has 2 rings (SSSR count). The van der Waals surface area contributed by atoms with Crippen LogP contribution in [0.4, 0.5) is 0 Å². The van der Waals surface area contributed by atoms with E-state index in [0.29, 0.717) is 0 Å². The molecule has 20 heavy (non-hydrogen) atoms. The highest BCUT2D eigenvalue weighted by atomic mass is 15.3. The molecular formula is C17H25N3. The van der Waals surface area contributed by atoms with E-state index in [2.05, 4.69) is 80.9 Å². The Morgan fingerprint density at radius 1 is 1.10 bits per heavy atom. The van der Waals surface area contributed by atoms with Gasteiger partial charge in [0.2, 0.25) is 0 Å². The van der Waals surface area contributed by atoms with Crippen molar-refractivity contribution in [2.75, 3.05) is 0 Å². The lowest BCUT2D eigenvalue weighted by molar-refractivity contribution is 0.424. The minimum Gasteiger partial charge on any atom is -0.308 e. The van der Waals surface area contributed by atoms with Crippen molar-refractivity contribution in [1.82, 2.24) is 15.1 Å². The number of hydrogen-bond donors (Lipinski definition) is 1. The van der Waals surface area contributed by atoms with E-state index in [4.69, 9.17) is 0 Å². The first kappa shape index (κ1) is 14.8. The molecule has 0 saturated carbocycles. The summed E-state index contributed by atoms with van der Waals surface area (Å²) in [4.78, 5) is 0. The Morgan fingerprint density at radius 2 is 1.75 bits per heavy atom. The summed E-state index contributed by atoms with van der Waals surface area (Å²) in [6, 6.07) is 8.46. The zero-order chi connectivity index (χ0) is 14.9. The Bertz CT molecular complexity index is 603. The third kappa shape index (κ3) is 3.10. The van der Waals surface area contributed by atoms with Crippen LogP contribution in [0.2, 0.25) is 0 Å². The molecule has 1 aromatic carbocycles. The van der Waals surface area contributed by atoms with Crippen molar-refractivity contribution >= 4 is 0 Å². The average Bonchev–Trinajstić information content (AvgIpc) is 2.64. The van der Waals surface area contributed by atoms with E-state index >= 15 is 0 Å². The largest absolute Gasteiger partial charge is 0.308 e. The predicted molar refractivity (Wildman–Crippen MR) is 84.4 cm³/mol. The molecule has 3 heteroatoms. The van der Waals surface area contributed by atoms with Crippen LogP contribution in [0.1, 0.15) is 43.3 Å². The number of aryl methyl sites for hydroxylation is 1. The summed E-state index contributed by atoms with van der Waals surface area (Å²) >= 11 is 0. The number of para-hydroxylation sites is 1. The van der Waals surface area contributed by atoms with E-state index in [1.54, 1.807) is 0 Å². The second-order valence-electron chi connectivity index (χ2n) is 6.44. The molecule has 0 radical (unpaired) electrons. The molecule has 0 unspecified atom stereocenters. The van der Waals surface area contributed by atoms with Crippen LogP contribution in [0.5, 0.6) is 0 Å². The maximum atomic E-state index is 4.67. The van der Waals surface area contributed by atoms with Crippen LogP contribution in [-0.4, -0.2) is 15.3 Å². The lowest BCUT2D eigenvalue weighted by Crippen LogP contribution is -2.35. The highest BCUT2D eigenvalue weighted by Crippen LogP contribution is 2.20. The molecule has 0 aliphatic heterocycles. The van der Waals surface area contributed by atoms with Gasteiger partial charge in [0.05, 0.1) is 11.4 Å². The van der Waals surface area contributed by atoms with E-state index in [1.165, 1.54) is 16.8 Å². The summed E-state index contributed by atoms with van der Waals surface area (Å²) in [7, 11) is 0. The standard InChI is InChI=1S/C17H25N3/c1-12-13(2)19-20(14(12)3)16-10-8-7-9-15(16)11-18-17(4,5)6/h7-10,18H,11H2,1-6H3. The number of benzene rings is 1. The maximum Gasteiger partial charge on any atom is 0.0693 e. The molecule has 0 aliphatic carbocycles. The average molecular weight is 271 g/mol. The smallest absolute Gasteiger partial charge is 0.0693 e. The van der Waals surface area contributed by atoms with E-state index < -0.39 is 0 Å². The van der Waals surface area contributed by atoms with Crippen LogP contribution >= 0.6 is 0 Å². The van der Waals surface area contributed by atoms with Crippen LogP contribution in [0.3, 0.4) is 0 Å². The van der Waals surface area contributed by atoms with Gasteiger partial charge in [0.25, 0.3) is 0 Å². The zero-order valence-electron chi connectivity index (χ0n) is 13.4. The molecule has 2 aromatic rings. The molecule has 0 aliphatic rings. The van der Waals surface area contributed by atoms with Gasteiger partial charge in [-0.25, -0.2) is 4.68 Å². The van der Waals surface area contributed by atoms with Gasteiger partial charge < -0.3 is 5.32 Å². The van der Waals surface area contributed by atoms with Crippen molar-refractivity contribution in [3.05, 3.63) is 46.8 Å². The van der Waals surface area contributed by atoms with Crippen LogP contribution in [-0.2, 0) is 6.54 Å². The molecule has 1 aromatic heterocycles. The minimum atomic E-state index is 0.109. The molecule has 0 spiro atoms. The number of hydrogen-bond acceptors (Lipinski definition) is 2. The van der Waals surface area contributed by atoms with E-state index in [1.807, 2.05) is 0 Å². The molecule has 0 amide bonds. The lowest BCUT2D eigenvalue weighted by atomic mass is 10.1. The third-order valence-electron chi connectivity index (χ3n) is 3.68. The van der Waals surface area contributed by atoms with Gasteiger partial charge in [-0.05, 0) is 58.7 Å². The SMILES string of the molecule is Cc1nn(-c2ccccc2CNC(C)(C)C)c(C)c1C. The summed E-state index contributed by atoms with van der Waals surface area (Å²) in [5.74, 6) is 0. The fraction of sp³-hybridized carbons (Fsp3) is 0.471. The molecular weight excluding hydrogens is 246 g/mol. The highest BCUT2D eigenvalue weighted by Gasteiger charge is 2.14. The van der Waals surface area contributed by atoms with Gasteiger partial charge in [-0.3, -0.25) is 0 Å². The van der Waals surface area contributed by atoms with Gasteiger partial charge in [0.1, 0.15) is 0 Å². The maximum absolute atomic E-state index is 4.67. The van der Waals surface area contributed by atoms with Crippen molar-refractivity contribution in [2.45, 2.75) is 53.6 Å². The summed E-state index contributed by atoms with van der Waals surface area (Å²) in [5.41, 5.74) is 6.12. The first-order valence-electron chi connectivity index (χ1n) is 7.16. The fourth-order valence-corrected chi connectivity index (χ4v) is 2.18. The Kier molecular flexibility index (Phi) is 4.00. The second-order valence-corrected chi connectivity index (χ2v) is 6.44. The predicted octanol–water partition coefficient (Wildman–Crippen LogP) is 3.69. The van der Waals surface area contributed by atoms with Crippen molar-refractivity contribution < 1.29 is 0 Å². The van der Waals surface area contributed by atoms with E-state index in [9.17, 15) is 0 Å². The van der Waals surface area contributed by atoms with Crippen LogP contribution in [0.15, 0.2) is 24.3 Å². The van der Waals surface area contributed by atoms with Gasteiger partial charge in [0.15, 0.2) is 0 Å². The Balaban J connectivity index is 2.39. The molecule has 0 fully saturated rings. The molecule has 0 bridgehead atoms. The molecule has 1 heterocycles. The number of nitrogens with zero attached hydrogens (tertiary/aromatic N) is 2. The number of rotatable bonds is 3. The Morgan fingerprint density at radius 3 is 2.30 bits per heavy atom. The van der Waals surface area contributed by atoms with Crippen LogP contribution in [0.25, 0.3) is 5.69 Å². The van der Waals surface area contributed by atoms with Gasteiger partial charge in [-0.15, -0.1) is 0 Å². The monoisotopic (exact) mass is 271 g/mol. The lowest BCUT2D eigenvalue weighted by Gasteiger charge is -2.22. The molecule has 1 N–H and O–H groups in total. The summed E-state index contributed by atoms with van der Waals surface area (Å²) in [5, 5.41) is 8.22. The highest BCUT2D eigenvalue weighted by molar-refractivity contribution is 5.43. The molecule has 0 saturated heterocycles. The third-order valence-corrected chi connectivity index (χ3v) is 3.68. The summed E-state index contributed by atoms with van der Waals surface area (Å²) in [6.07, 6.45) is 0. The first-order valence-corrected chi connectivity index (χ1v) is 7.16. The number of nitrogens with one attached hydrogen (secondary N) is 1. The van der Waals surface area contributed by atoms with Gasteiger partial charge in [-0.1, -0.05) is 18.2 Å². The summed E-state index contributed by atoms with van der Waals surface area (Å²) < 4.78 is 2.06. The van der Waals surface area contributed by atoms with Crippen molar-refractivity contribution in [3.63, 3.8) is 0 Å². The Hall–Kier alpha value is -1.61. The van der Waals surface area contributed by atoms with Crippen LogP contribution in [0, 0.1) is 20.8 Å². The van der Waals surface area contributed by atoms with Crippen molar-refractivity contribution in [2.24, 2.45) is 0 Å². The molecule has 108 valence electrons. The van der Waals surface area contributed by atoms with Gasteiger partial charge in [-0.2, -0.15) is 5.10 Å². The zero-order valence-corrected chi connectivity index (χ0v) is 13.4. The minimum absolute atomic E-state index is 0.109. The topological polar surface area (TPSA) is 29.9 Å². The van der Waals surface area contributed by atoms with E-state index in [-0.39, 0.29) is 5.54 Å². The van der Waals surface area contributed by atoms with E-state index in [0.717, 1.165) is 17.9 Å². The Labute approximate surface area is 122 Å². The number of aromatic nitrogens is 2. The normalized spacial score (nSPS) is 11.9. The molecule has 0 atom stereocenters. The van der Waals surface area contributed by atoms with Crippen LogP contribution < -0.4 is 5.32 Å². The second kappa shape index (κ2) is 5.41. The van der Waals surface area contributed by atoms with Crippen molar-refractivity contribution in [1.29, 1.82) is 0 Å².